The van der Waals surface area contributed by atoms with Gasteiger partial charge in [0.1, 0.15) is 0 Å². The zero-order valence-corrected chi connectivity index (χ0v) is 10.3. The fourth-order valence-electron chi connectivity index (χ4n) is 0. The maximum atomic E-state index is 9.11. The van der Waals surface area contributed by atoms with Gasteiger partial charge in [0.15, 0.2) is 0 Å². The van der Waals surface area contributed by atoms with Crippen LogP contribution in [0.15, 0.2) is 0 Å². The Labute approximate surface area is 103 Å². The summed E-state index contributed by atoms with van der Waals surface area (Å²) in [4.78, 5) is 0. The van der Waals surface area contributed by atoms with Crippen molar-refractivity contribution in [3.05, 3.63) is 0 Å². The Morgan fingerprint density at radius 3 is 0.846 bits per heavy atom. The average Bonchev–Trinajstić information content (AvgIpc) is 0.722. The minimum absolute atomic E-state index is 0. The van der Waals surface area contributed by atoms with Crippen LogP contribution in [0.4, 0.5) is 0 Å². The second-order valence-electron chi connectivity index (χ2n) is 0.448. The first-order chi connectivity index (χ1) is 2.00. The van der Waals surface area contributed by atoms with Gasteiger partial charge in [0.05, 0.1) is 0 Å². The predicted molar refractivity (Wildman–Crippen MR) is 47.2 cm³/mol. The maximum absolute atomic E-state index is 9.11. The zero-order valence-electron chi connectivity index (χ0n) is 7.62. The Morgan fingerprint density at radius 2 is 0.846 bits per heavy atom. The molecule has 16 N–H and O–H groups in total. The summed E-state index contributed by atoms with van der Waals surface area (Å²) in [6.45, 7) is 0. The van der Waals surface area contributed by atoms with Crippen molar-refractivity contribution in [1.29, 1.82) is 0 Å². The Balaban J connectivity index is -0.00000000222. The van der Waals surface area contributed by atoms with Crippen molar-refractivity contribution in [3.63, 3.8) is 0 Å². The summed E-state index contributed by atoms with van der Waals surface area (Å²) < 4.78 is 24.0. The molecular formula is H17NaO10S2. The van der Waals surface area contributed by atoms with Gasteiger partial charge in [-0.05, 0) is 0 Å². The Hall–Kier alpha value is 1.01. The van der Waals surface area contributed by atoms with Crippen LogP contribution in [0.5, 0.6) is 0 Å². The molecule has 10 nitrogen and oxygen atoms in total. The predicted octanol–water partition coefficient (Wildman–Crippen LogP) is -8.98. The summed E-state index contributed by atoms with van der Waals surface area (Å²) in [7, 11) is -3.83. The fourth-order valence-corrected chi connectivity index (χ4v) is 0. The van der Waals surface area contributed by atoms with E-state index in [4.69, 9.17) is 13.3 Å². The van der Waals surface area contributed by atoms with Gasteiger partial charge in [0.2, 0.25) is 0 Å². The molecule has 0 aromatic carbocycles. The molecule has 0 atom stereocenters. The first kappa shape index (κ1) is 94.5. The molecular weight excluding hydrogens is 247 g/mol. The second kappa shape index (κ2) is 38.2. The van der Waals surface area contributed by atoms with Crippen molar-refractivity contribution in [2.24, 2.45) is 0 Å². The van der Waals surface area contributed by atoms with Crippen LogP contribution in [0, 0.1) is 0 Å². The van der Waals surface area contributed by atoms with Crippen LogP contribution in [0.1, 0.15) is 1.43 Å². The monoisotopic (exact) mass is 264 g/mol. The minimum Gasteiger partial charge on any atom is -1.00 e. The van der Waals surface area contributed by atoms with Crippen LogP contribution in [-0.4, -0.2) is 51.6 Å². The van der Waals surface area contributed by atoms with Crippen LogP contribution in [-0.2, 0) is 20.2 Å². The summed E-state index contributed by atoms with van der Waals surface area (Å²) in [5.74, 6) is 0. The molecule has 0 saturated carbocycles. The first-order valence-corrected chi connectivity index (χ1v) is 3.10. The SMILES string of the molecule is O.O.O.O.O.O.O.O=S(O)(O)=S.[H-].[Na+]. The minimum atomic E-state index is -3.83. The maximum Gasteiger partial charge on any atom is 1.00 e. The molecule has 0 aliphatic rings. The van der Waals surface area contributed by atoms with E-state index in [-0.39, 0.29) is 69.3 Å². The third-order valence-electron chi connectivity index (χ3n) is 0. The molecule has 13 heteroatoms. The van der Waals surface area contributed by atoms with E-state index in [1.165, 1.54) is 0 Å². The van der Waals surface area contributed by atoms with Crippen molar-refractivity contribution in [2.75, 3.05) is 0 Å². The van der Waals surface area contributed by atoms with Crippen molar-refractivity contribution in [2.45, 2.75) is 0 Å². The molecule has 0 fully saturated rings. The van der Waals surface area contributed by atoms with Crippen LogP contribution >= 0.6 is 0 Å². The van der Waals surface area contributed by atoms with E-state index in [2.05, 4.69) is 11.2 Å². The smallest absolute Gasteiger partial charge is 1.00 e. The first-order valence-electron chi connectivity index (χ1n) is 0.698. The molecule has 0 saturated heterocycles. The molecule has 0 spiro atoms. The molecule has 0 amide bonds. The normalized spacial score (nSPS) is 4.46. The summed E-state index contributed by atoms with van der Waals surface area (Å²) in [6, 6.07) is 0. The van der Waals surface area contributed by atoms with E-state index < -0.39 is 9.05 Å². The molecule has 0 aliphatic carbocycles. The molecule has 0 aromatic rings. The van der Waals surface area contributed by atoms with Gasteiger partial charge in [0, 0.05) is 11.2 Å². The third-order valence-corrected chi connectivity index (χ3v) is 0. The zero-order chi connectivity index (χ0) is 4.50. The summed E-state index contributed by atoms with van der Waals surface area (Å²) in [5.41, 5.74) is 0. The summed E-state index contributed by atoms with van der Waals surface area (Å²) in [6.07, 6.45) is 0. The molecule has 0 aliphatic heterocycles. The quantitative estimate of drug-likeness (QED) is 0.402. The van der Waals surface area contributed by atoms with Crippen LogP contribution in [0.25, 0.3) is 0 Å². The standard InChI is InChI=1S/Na.H2O3S2.7H2O.H/c;1-5(2,3)4;;;;;;;;/h;(H2,1,2,3,4);7*1H2;/q+1;;;;;;;;;-1. The van der Waals surface area contributed by atoms with Crippen molar-refractivity contribution in [3.8, 4) is 0 Å². The number of hydrogen-bond donors (Lipinski definition) is 2. The molecule has 0 bridgehead atoms. The van der Waals surface area contributed by atoms with Gasteiger partial charge in [-0.2, -0.15) is 4.21 Å². The number of hydrogen-bond acceptors (Lipinski definition) is 2. The largest absolute Gasteiger partial charge is 1.00 e. The van der Waals surface area contributed by atoms with Gasteiger partial charge in [-0.1, -0.05) is 0 Å². The van der Waals surface area contributed by atoms with Gasteiger partial charge in [-0.25, -0.2) is 0 Å². The molecule has 90 valence electrons. The van der Waals surface area contributed by atoms with Gasteiger partial charge in [-0.15, -0.1) is 0 Å². The van der Waals surface area contributed by atoms with E-state index in [1.807, 2.05) is 0 Å². The average molecular weight is 264 g/mol. The Bertz CT molecular complexity index is 101. The van der Waals surface area contributed by atoms with Crippen LogP contribution in [0.2, 0.25) is 0 Å². The van der Waals surface area contributed by atoms with Gasteiger partial charge in [-0.3, -0.25) is 9.11 Å². The van der Waals surface area contributed by atoms with Crippen molar-refractivity contribution < 1.29 is 82.6 Å². The summed E-state index contributed by atoms with van der Waals surface area (Å²) >= 11 is 3.47. The van der Waals surface area contributed by atoms with Crippen molar-refractivity contribution in [1.82, 2.24) is 0 Å². The van der Waals surface area contributed by atoms with Crippen LogP contribution < -0.4 is 29.6 Å². The molecule has 0 radical (unpaired) electrons. The van der Waals surface area contributed by atoms with E-state index in [1.54, 1.807) is 0 Å². The molecule has 0 rings (SSSR count). The Morgan fingerprint density at radius 1 is 0.846 bits per heavy atom. The Kier molecular flexibility index (Phi) is 278. The summed E-state index contributed by atoms with van der Waals surface area (Å²) in [5, 5.41) is 0. The van der Waals surface area contributed by atoms with Gasteiger partial charge >= 0.3 is 29.6 Å². The topological polar surface area (TPSA) is 278 Å². The van der Waals surface area contributed by atoms with E-state index >= 15 is 0 Å². The second-order valence-corrected chi connectivity index (χ2v) is 2.65. The number of rotatable bonds is 0. The molecule has 0 unspecified atom stereocenters. The van der Waals surface area contributed by atoms with E-state index in [0.29, 0.717) is 0 Å². The fraction of sp³-hybridized carbons (Fsp3) is 0. The van der Waals surface area contributed by atoms with Gasteiger partial charge in [0.25, 0.3) is 9.05 Å². The third kappa shape index (κ3) is 1550. The van der Waals surface area contributed by atoms with Crippen molar-refractivity contribution >= 4 is 20.2 Å². The van der Waals surface area contributed by atoms with Crippen LogP contribution in [0.3, 0.4) is 0 Å². The molecule has 0 aromatic heterocycles. The van der Waals surface area contributed by atoms with E-state index in [0.717, 1.165) is 0 Å². The van der Waals surface area contributed by atoms with Gasteiger partial charge < -0.3 is 39.8 Å². The molecule has 0 heterocycles. The van der Waals surface area contributed by atoms with E-state index in [9.17, 15) is 0 Å². The molecule has 13 heavy (non-hydrogen) atoms.